The van der Waals surface area contributed by atoms with Gasteiger partial charge in [0, 0.05) is 6.54 Å². The first-order chi connectivity index (χ1) is 9.22. The molecule has 1 aromatic heterocycles. The molecular weight excluding hydrogens is 262 g/mol. The fraction of sp³-hybridized carbons (Fsp3) is 0.385. The van der Waals surface area contributed by atoms with E-state index < -0.39 is 0 Å². The summed E-state index contributed by atoms with van der Waals surface area (Å²) >= 11 is 5.26. The minimum absolute atomic E-state index is 0.602. The predicted molar refractivity (Wildman–Crippen MR) is 76.2 cm³/mol. The number of rotatable bonds is 5. The van der Waals surface area contributed by atoms with Gasteiger partial charge in [-0.25, -0.2) is 0 Å². The van der Waals surface area contributed by atoms with Crippen molar-refractivity contribution in [3.05, 3.63) is 23.0 Å². The van der Waals surface area contributed by atoms with Crippen molar-refractivity contribution in [2.45, 2.75) is 19.9 Å². The molecule has 5 nitrogen and oxygen atoms in total. The number of ether oxygens (including phenoxy) is 2. The van der Waals surface area contributed by atoms with Crippen LogP contribution in [0.1, 0.15) is 13.3 Å². The van der Waals surface area contributed by atoms with Crippen molar-refractivity contribution in [3.8, 4) is 22.9 Å². The van der Waals surface area contributed by atoms with E-state index in [1.807, 2.05) is 22.8 Å². The summed E-state index contributed by atoms with van der Waals surface area (Å²) < 4.78 is 13.4. The molecule has 0 bridgehead atoms. The average molecular weight is 279 g/mol. The van der Waals surface area contributed by atoms with Gasteiger partial charge in [-0.05, 0) is 30.8 Å². The maximum absolute atomic E-state index is 5.40. The van der Waals surface area contributed by atoms with Crippen molar-refractivity contribution >= 4 is 12.2 Å². The van der Waals surface area contributed by atoms with E-state index in [-0.39, 0.29) is 0 Å². The molecular formula is C13H17N3O2S. The normalized spacial score (nSPS) is 10.5. The largest absolute Gasteiger partial charge is 0.496 e. The lowest BCUT2D eigenvalue weighted by Gasteiger charge is -2.13. The van der Waals surface area contributed by atoms with E-state index >= 15 is 0 Å². The molecule has 0 aliphatic carbocycles. The molecule has 0 fully saturated rings. The van der Waals surface area contributed by atoms with Gasteiger partial charge >= 0.3 is 0 Å². The molecule has 0 saturated heterocycles. The zero-order valence-electron chi connectivity index (χ0n) is 11.3. The highest BCUT2D eigenvalue weighted by atomic mass is 32.1. The molecule has 1 aromatic carbocycles. The van der Waals surface area contributed by atoms with Gasteiger partial charge in [-0.1, -0.05) is 13.0 Å². The Morgan fingerprint density at radius 1 is 1.26 bits per heavy atom. The molecule has 0 spiro atoms. The number of aromatic nitrogens is 3. The Kier molecular flexibility index (Phi) is 4.21. The summed E-state index contributed by atoms with van der Waals surface area (Å²) in [6.07, 6.45) is 0.971. The number of benzene rings is 1. The molecule has 0 unspecified atom stereocenters. The third-order valence-electron chi connectivity index (χ3n) is 2.86. The van der Waals surface area contributed by atoms with Crippen LogP contribution in [0.2, 0.25) is 0 Å². The van der Waals surface area contributed by atoms with Gasteiger partial charge in [0.05, 0.1) is 14.2 Å². The standard InChI is InChI=1S/C13H17N3O2S/c1-4-8-16-12(14-15-13(16)19)11-9(17-2)6-5-7-10(11)18-3/h5-7H,4,8H2,1-3H3,(H,15,19). The monoisotopic (exact) mass is 279 g/mol. The maximum Gasteiger partial charge on any atom is 0.195 e. The molecule has 6 heteroatoms. The van der Waals surface area contributed by atoms with Gasteiger partial charge in [0.25, 0.3) is 0 Å². The second-order valence-electron chi connectivity index (χ2n) is 4.04. The molecule has 0 aliphatic rings. The fourth-order valence-electron chi connectivity index (χ4n) is 2.01. The average Bonchev–Trinajstić information content (AvgIpc) is 2.79. The van der Waals surface area contributed by atoms with Crippen molar-refractivity contribution < 1.29 is 9.47 Å². The van der Waals surface area contributed by atoms with Crippen molar-refractivity contribution in [1.82, 2.24) is 14.8 Å². The summed E-state index contributed by atoms with van der Waals surface area (Å²) in [5.41, 5.74) is 0.813. The fourth-order valence-corrected chi connectivity index (χ4v) is 2.23. The van der Waals surface area contributed by atoms with Crippen LogP contribution in [0.4, 0.5) is 0 Å². The second kappa shape index (κ2) is 5.88. The van der Waals surface area contributed by atoms with Crippen LogP contribution in [0, 0.1) is 4.77 Å². The topological polar surface area (TPSA) is 52.1 Å². The van der Waals surface area contributed by atoms with Gasteiger partial charge in [0.2, 0.25) is 0 Å². The first-order valence-corrected chi connectivity index (χ1v) is 6.50. The van der Waals surface area contributed by atoms with Crippen LogP contribution >= 0.6 is 12.2 Å². The molecule has 0 aliphatic heterocycles. The number of aromatic amines is 1. The second-order valence-corrected chi connectivity index (χ2v) is 4.43. The molecule has 0 saturated carbocycles. The third-order valence-corrected chi connectivity index (χ3v) is 3.17. The summed E-state index contributed by atoms with van der Waals surface area (Å²) in [5.74, 6) is 2.16. The van der Waals surface area contributed by atoms with Gasteiger partial charge < -0.3 is 9.47 Å². The predicted octanol–water partition coefficient (Wildman–Crippen LogP) is 3.03. The summed E-state index contributed by atoms with van der Waals surface area (Å²) in [6, 6.07) is 5.64. The summed E-state index contributed by atoms with van der Waals surface area (Å²) in [4.78, 5) is 0. The van der Waals surface area contributed by atoms with Gasteiger partial charge in [0.1, 0.15) is 17.1 Å². The highest BCUT2D eigenvalue weighted by molar-refractivity contribution is 7.71. The van der Waals surface area contributed by atoms with Gasteiger partial charge in [-0.15, -0.1) is 0 Å². The Bertz CT molecular complexity index is 596. The van der Waals surface area contributed by atoms with E-state index in [2.05, 4.69) is 17.1 Å². The first kappa shape index (κ1) is 13.6. The third kappa shape index (κ3) is 2.49. The van der Waals surface area contributed by atoms with Crippen molar-refractivity contribution in [3.63, 3.8) is 0 Å². The van der Waals surface area contributed by atoms with E-state index in [1.165, 1.54) is 0 Å². The van der Waals surface area contributed by atoms with Gasteiger partial charge in [0.15, 0.2) is 10.6 Å². The molecule has 2 rings (SSSR count). The Morgan fingerprint density at radius 2 is 1.89 bits per heavy atom. The summed E-state index contributed by atoms with van der Waals surface area (Å²) in [7, 11) is 3.26. The van der Waals surface area contributed by atoms with E-state index in [0.717, 1.165) is 24.4 Å². The number of nitrogens with one attached hydrogen (secondary N) is 1. The molecule has 0 amide bonds. The SMILES string of the molecule is CCCn1c(-c2c(OC)cccc2OC)n[nH]c1=S. The zero-order chi connectivity index (χ0) is 13.8. The molecule has 1 N–H and O–H groups in total. The smallest absolute Gasteiger partial charge is 0.195 e. The van der Waals surface area contributed by atoms with Crippen molar-refractivity contribution in [2.24, 2.45) is 0 Å². The van der Waals surface area contributed by atoms with E-state index in [1.54, 1.807) is 14.2 Å². The maximum atomic E-state index is 5.40. The quantitative estimate of drug-likeness (QED) is 0.855. The molecule has 0 atom stereocenters. The van der Waals surface area contributed by atoms with E-state index in [0.29, 0.717) is 16.3 Å². The Balaban J connectivity index is 2.67. The lowest BCUT2D eigenvalue weighted by molar-refractivity contribution is 0.396. The Morgan fingerprint density at radius 3 is 2.42 bits per heavy atom. The zero-order valence-corrected chi connectivity index (χ0v) is 12.1. The van der Waals surface area contributed by atoms with Crippen LogP contribution in [0.15, 0.2) is 18.2 Å². The van der Waals surface area contributed by atoms with Crippen molar-refractivity contribution in [2.75, 3.05) is 14.2 Å². The van der Waals surface area contributed by atoms with E-state index in [9.17, 15) is 0 Å². The van der Waals surface area contributed by atoms with Crippen molar-refractivity contribution in [1.29, 1.82) is 0 Å². The Labute approximate surface area is 117 Å². The van der Waals surface area contributed by atoms with Crippen LogP contribution < -0.4 is 9.47 Å². The molecule has 0 radical (unpaired) electrons. The number of H-pyrrole nitrogens is 1. The number of methoxy groups -OCH3 is 2. The molecule has 2 aromatic rings. The number of hydrogen-bond acceptors (Lipinski definition) is 4. The lowest BCUT2D eigenvalue weighted by Crippen LogP contribution is -2.02. The summed E-state index contributed by atoms with van der Waals surface area (Å²) in [6.45, 7) is 2.89. The van der Waals surface area contributed by atoms with E-state index in [4.69, 9.17) is 21.7 Å². The van der Waals surface area contributed by atoms with Gasteiger partial charge in [-0.3, -0.25) is 9.67 Å². The van der Waals surface area contributed by atoms with Crippen LogP contribution in [-0.4, -0.2) is 29.0 Å². The van der Waals surface area contributed by atoms with Crippen LogP contribution in [0.3, 0.4) is 0 Å². The minimum atomic E-state index is 0.602. The Hall–Kier alpha value is -1.82. The van der Waals surface area contributed by atoms with Crippen LogP contribution in [-0.2, 0) is 6.54 Å². The summed E-state index contributed by atoms with van der Waals surface area (Å²) in [5, 5.41) is 7.14. The molecule has 1 heterocycles. The minimum Gasteiger partial charge on any atom is -0.496 e. The number of hydrogen-bond donors (Lipinski definition) is 1. The number of nitrogens with zero attached hydrogens (tertiary/aromatic N) is 2. The highest BCUT2D eigenvalue weighted by Gasteiger charge is 2.18. The van der Waals surface area contributed by atoms with Crippen LogP contribution in [0.5, 0.6) is 11.5 Å². The molecule has 102 valence electrons. The van der Waals surface area contributed by atoms with Crippen LogP contribution in [0.25, 0.3) is 11.4 Å². The highest BCUT2D eigenvalue weighted by Crippen LogP contribution is 2.37. The first-order valence-electron chi connectivity index (χ1n) is 6.09. The molecule has 19 heavy (non-hydrogen) atoms. The lowest BCUT2D eigenvalue weighted by atomic mass is 10.1. The van der Waals surface area contributed by atoms with Gasteiger partial charge in [-0.2, -0.15) is 5.10 Å².